The van der Waals surface area contributed by atoms with Crippen LogP contribution < -0.4 is 11.3 Å². The van der Waals surface area contributed by atoms with Gasteiger partial charge in [0.25, 0.3) is 0 Å². The minimum atomic E-state index is 0.616. The van der Waals surface area contributed by atoms with E-state index >= 15 is 0 Å². The Morgan fingerprint density at radius 1 is 1.35 bits per heavy atom. The first kappa shape index (κ1) is 12.3. The number of nitrogens with zero attached hydrogens (tertiary/aromatic N) is 2. The lowest BCUT2D eigenvalue weighted by atomic mass is 10.0. The number of rotatable bonds is 5. The predicted molar refractivity (Wildman–Crippen MR) is 69.7 cm³/mol. The van der Waals surface area contributed by atoms with Crippen LogP contribution in [0, 0.1) is 0 Å². The molecule has 0 aliphatic heterocycles. The van der Waals surface area contributed by atoms with E-state index in [0.29, 0.717) is 5.92 Å². The van der Waals surface area contributed by atoms with Gasteiger partial charge in [-0.2, -0.15) is 0 Å². The molecule has 1 aromatic rings. The third kappa shape index (κ3) is 3.16. The zero-order chi connectivity index (χ0) is 12.1. The maximum atomic E-state index is 5.47. The van der Waals surface area contributed by atoms with E-state index in [1.807, 2.05) is 6.07 Å². The van der Waals surface area contributed by atoms with Gasteiger partial charge >= 0.3 is 0 Å². The minimum Gasteiger partial charge on any atom is -0.308 e. The Bertz CT molecular complexity index is 358. The average molecular weight is 234 g/mol. The zero-order valence-corrected chi connectivity index (χ0v) is 10.6. The molecule has 17 heavy (non-hydrogen) atoms. The van der Waals surface area contributed by atoms with Crippen LogP contribution >= 0.6 is 0 Å². The number of hydrazine groups is 1. The third-order valence-corrected chi connectivity index (χ3v) is 3.47. The van der Waals surface area contributed by atoms with Gasteiger partial charge in [-0.3, -0.25) is 0 Å². The van der Waals surface area contributed by atoms with Gasteiger partial charge in [-0.15, -0.1) is 0 Å². The van der Waals surface area contributed by atoms with Crippen molar-refractivity contribution in [2.24, 2.45) is 5.84 Å². The number of nitrogen functional groups attached to an aromatic ring is 1. The number of hydrogen-bond acceptors (Lipinski definition) is 4. The lowest BCUT2D eigenvalue weighted by Crippen LogP contribution is -2.12. The van der Waals surface area contributed by atoms with E-state index in [0.717, 1.165) is 24.5 Å². The van der Waals surface area contributed by atoms with E-state index in [9.17, 15) is 0 Å². The Balaban J connectivity index is 2.18. The van der Waals surface area contributed by atoms with Crippen LogP contribution in [0.25, 0.3) is 0 Å². The lowest BCUT2D eigenvalue weighted by molar-refractivity contribution is 0.673. The van der Waals surface area contributed by atoms with Crippen molar-refractivity contribution in [1.82, 2.24) is 9.97 Å². The van der Waals surface area contributed by atoms with Gasteiger partial charge in [-0.1, -0.05) is 26.2 Å². The molecule has 4 heteroatoms. The first-order valence-electron chi connectivity index (χ1n) is 6.68. The van der Waals surface area contributed by atoms with Gasteiger partial charge in [0, 0.05) is 24.1 Å². The lowest BCUT2D eigenvalue weighted by Gasteiger charge is -2.12. The summed E-state index contributed by atoms with van der Waals surface area (Å²) in [6, 6.07) is 2.01. The number of aromatic nitrogens is 2. The molecule has 2 rings (SSSR count). The fraction of sp³-hybridized carbons (Fsp3) is 0.692. The maximum Gasteiger partial charge on any atom is 0.143 e. The monoisotopic (exact) mass is 234 g/mol. The van der Waals surface area contributed by atoms with Crippen LogP contribution in [0.15, 0.2) is 6.07 Å². The van der Waals surface area contributed by atoms with Crippen molar-refractivity contribution in [3.8, 4) is 0 Å². The van der Waals surface area contributed by atoms with Crippen molar-refractivity contribution < 1.29 is 0 Å². The second kappa shape index (κ2) is 5.96. The molecule has 0 saturated heterocycles. The molecule has 0 amide bonds. The Kier molecular flexibility index (Phi) is 4.31. The Morgan fingerprint density at radius 3 is 2.76 bits per heavy atom. The second-order valence-electron chi connectivity index (χ2n) is 4.82. The molecule has 1 fully saturated rings. The fourth-order valence-corrected chi connectivity index (χ4v) is 2.47. The van der Waals surface area contributed by atoms with Gasteiger partial charge in [0.15, 0.2) is 0 Å². The number of anilines is 1. The number of aryl methyl sites for hydroxylation is 1. The first-order chi connectivity index (χ1) is 8.33. The summed E-state index contributed by atoms with van der Waals surface area (Å²) in [6.45, 7) is 2.18. The highest BCUT2D eigenvalue weighted by molar-refractivity contribution is 5.35. The molecule has 0 aromatic carbocycles. The van der Waals surface area contributed by atoms with E-state index < -0.39 is 0 Å². The topological polar surface area (TPSA) is 63.8 Å². The summed E-state index contributed by atoms with van der Waals surface area (Å²) in [5.74, 6) is 7.78. The Morgan fingerprint density at radius 2 is 2.12 bits per heavy atom. The first-order valence-corrected chi connectivity index (χ1v) is 6.68. The Labute approximate surface area is 103 Å². The maximum absolute atomic E-state index is 5.47. The summed E-state index contributed by atoms with van der Waals surface area (Å²) < 4.78 is 0. The second-order valence-corrected chi connectivity index (χ2v) is 4.82. The van der Waals surface area contributed by atoms with Crippen LogP contribution in [0.5, 0.6) is 0 Å². The molecule has 4 nitrogen and oxygen atoms in total. The standard InChI is InChI=1S/C13H22N4/c1-2-3-8-12-15-11(9-13(16-12)17-14)10-6-4-5-7-10/h9-10H,2-8,14H2,1H3,(H,15,16,17). The highest BCUT2D eigenvalue weighted by Gasteiger charge is 2.19. The molecule has 1 aliphatic carbocycles. The molecule has 0 spiro atoms. The van der Waals surface area contributed by atoms with Crippen molar-refractivity contribution in [3.05, 3.63) is 17.6 Å². The van der Waals surface area contributed by atoms with Crippen LogP contribution in [0.2, 0.25) is 0 Å². The van der Waals surface area contributed by atoms with E-state index in [1.165, 1.54) is 37.8 Å². The van der Waals surface area contributed by atoms with Gasteiger partial charge in [-0.05, 0) is 19.3 Å². The van der Waals surface area contributed by atoms with Gasteiger partial charge in [0.2, 0.25) is 0 Å². The molecule has 0 unspecified atom stereocenters. The molecule has 0 bridgehead atoms. The number of unbranched alkanes of at least 4 members (excludes halogenated alkanes) is 1. The molecule has 1 aliphatic rings. The van der Waals surface area contributed by atoms with E-state index in [-0.39, 0.29) is 0 Å². The summed E-state index contributed by atoms with van der Waals surface area (Å²) in [5.41, 5.74) is 3.83. The minimum absolute atomic E-state index is 0.616. The van der Waals surface area contributed by atoms with Crippen LogP contribution in [0.4, 0.5) is 5.82 Å². The molecule has 1 aromatic heterocycles. The fourth-order valence-electron chi connectivity index (χ4n) is 2.47. The third-order valence-electron chi connectivity index (χ3n) is 3.47. The van der Waals surface area contributed by atoms with Crippen molar-refractivity contribution in [1.29, 1.82) is 0 Å². The summed E-state index contributed by atoms with van der Waals surface area (Å²) in [4.78, 5) is 9.11. The molecule has 1 heterocycles. The van der Waals surface area contributed by atoms with Gasteiger partial charge in [0.1, 0.15) is 11.6 Å². The van der Waals surface area contributed by atoms with Crippen molar-refractivity contribution in [3.63, 3.8) is 0 Å². The van der Waals surface area contributed by atoms with Crippen LogP contribution in [0.1, 0.15) is 62.9 Å². The van der Waals surface area contributed by atoms with E-state index in [2.05, 4.69) is 17.3 Å². The van der Waals surface area contributed by atoms with Crippen LogP contribution in [0.3, 0.4) is 0 Å². The highest BCUT2D eigenvalue weighted by Crippen LogP contribution is 2.33. The molecule has 0 radical (unpaired) electrons. The SMILES string of the molecule is CCCCc1nc(NN)cc(C2CCCC2)n1. The van der Waals surface area contributed by atoms with E-state index in [1.54, 1.807) is 0 Å². The number of nitrogens with two attached hydrogens (primary N) is 1. The highest BCUT2D eigenvalue weighted by atomic mass is 15.3. The summed E-state index contributed by atoms with van der Waals surface area (Å²) in [7, 11) is 0. The van der Waals surface area contributed by atoms with Crippen molar-refractivity contribution >= 4 is 5.82 Å². The van der Waals surface area contributed by atoms with Crippen LogP contribution in [-0.4, -0.2) is 9.97 Å². The van der Waals surface area contributed by atoms with Crippen molar-refractivity contribution in [2.45, 2.75) is 57.8 Å². The quantitative estimate of drug-likeness (QED) is 0.607. The smallest absolute Gasteiger partial charge is 0.143 e. The van der Waals surface area contributed by atoms with Gasteiger partial charge in [0.05, 0.1) is 0 Å². The predicted octanol–water partition coefficient (Wildman–Crippen LogP) is 2.76. The molecule has 94 valence electrons. The van der Waals surface area contributed by atoms with Gasteiger partial charge < -0.3 is 5.43 Å². The average Bonchev–Trinajstić information content (AvgIpc) is 2.89. The Hall–Kier alpha value is -1.16. The van der Waals surface area contributed by atoms with Crippen molar-refractivity contribution in [2.75, 3.05) is 5.43 Å². The molecule has 0 atom stereocenters. The summed E-state index contributed by atoms with van der Waals surface area (Å²) in [6.07, 6.45) is 8.42. The zero-order valence-electron chi connectivity index (χ0n) is 10.6. The number of nitrogens with one attached hydrogen (secondary N) is 1. The van der Waals surface area contributed by atoms with E-state index in [4.69, 9.17) is 10.8 Å². The normalized spacial score (nSPS) is 16.4. The number of hydrogen-bond donors (Lipinski definition) is 2. The van der Waals surface area contributed by atoms with Gasteiger partial charge in [-0.25, -0.2) is 15.8 Å². The summed E-state index contributed by atoms with van der Waals surface area (Å²) >= 11 is 0. The molecular weight excluding hydrogens is 212 g/mol. The largest absolute Gasteiger partial charge is 0.308 e. The molecular formula is C13H22N4. The molecule has 3 N–H and O–H groups in total. The molecule has 1 saturated carbocycles. The van der Waals surface area contributed by atoms with Crippen LogP contribution in [-0.2, 0) is 6.42 Å². The summed E-state index contributed by atoms with van der Waals surface area (Å²) in [5, 5.41) is 0.